The van der Waals surface area contributed by atoms with Gasteiger partial charge in [0.2, 0.25) is 5.91 Å². The molecule has 3 nitrogen and oxygen atoms in total. The highest BCUT2D eigenvalue weighted by molar-refractivity contribution is 5.86. The summed E-state index contributed by atoms with van der Waals surface area (Å²) >= 11 is 0. The lowest BCUT2D eigenvalue weighted by atomic mass is 9.85. The molecule has 0 N–H and O–H groups in total. The van der Waals surface area contributed by atoms with E-state index in [-0.39, 0.29) is 11.3 Å². The minimum absolute atomic E-state index is 0.108. The molecular weight excluding hydrogens is 236 g/mol. The third kappa shape index (κ3) is 2.65. The van der Waals surface area contributed by atoms with Crippen LogP contribution in [0.15, 0.2) is 30.5 Å². The van der Waals surface area contributed by atoms with Crippen LogP contribution in [-0.4, -0.2) is 29.5 Å². The van der Waals surface area contributed by atoms with Crippen molar-refractivity contribution < 1.29 is 4.79 Å². The van der Waals surface area contributed by atoms with Crippen LogP contribution in [0.3, 0.4) is 0 Å². The number of benzene rings is 1. The zero-order valence-corrected chi connectivity index (χ0v) is 12.4. The van der Waals surface area contributed by atoms with E-state index in [1.807, 2.05) is 10.8 Å². The van der Waals surface area contributed by atoms with Crippen LogP contribution in [0.25, 0.3) is 10.9 Å². The first-order chi connectivity index (χ1) is 8.80. The Balaban J connectivity index is 2.48. The van der Waals surface area contributed by atoms with Gasteiger partial charge in [0.25, 0.3) is 0 Å². The molecule has 0 saturated heterocycles. The van der Waals surface area contributed by atoms with Gasteiger partial charge in [-0.25, -0.2) is 0 Å². The molecule has 0 aliphatic rings. The summed E-state index contributed by atoms with van der Waals surface area (Å²) in [6.07, 6.45) is 2.00. The number of hydrogen-bond donors (Lipinski definition) is 0. The monoisotopic (exact) mass is 258 g/mol. The quantitative estimate of drug-likeness (QED) is 0.813. The van der Waals surface area contributed by atoms with E-state index in [0.29, 0.717) is 6.54 Å². The molecule has 3 heteroatoms. The van der Waals surface area contributed by atoms with Crippen LogP contribution in [0.5, 0.6) is 0 Å². The predicted octanol–water partition coefficient (Wildman–Crippen LogP) is 3.03. The second-order valence-electron chi connectivity index (χ2n) is 6.22. The van der Waals surface area contributed by atoms with Crippen molar-refractivity contribution in [3.05, 3.63) is 36.0 Å². The van der Waals surface area contributed by atoms with Gasteiger partial charge in [0.1, 0.15) is 6.54 Å². The largest absolute Gasteiger partial charge is 0.347 e. The van der Waals surface area contributed by atoms with Crippen LogP contribution in [0.4, 0.5) is 0 Å². The van der Waals surface area contributed by atoms with Crippen molar-refractivity contribution in [3.63, 3.8) is 0 Å². The summed E-state index contributed by atoms with van der Waals surface area (Å²) in [5.41, 5.74) is 2.56. The molecule has 102 valence electrons. The lowest BCUT2D eigenvalue weighted by Crippen LogP contribution is -2.25. The highest BCUT2D eigenvalue weighted by Crippen LogP contribution is 2.30. The van der Waals surface area contributed by atoms with Crippen molar-refractivity contribution in [3.8, 4) is 0 Å². The molecule has 1 heterocycles. The Kier molecular flexibility index (Phi) is 3.40. The van der Waals surface area contributed by atoms with Crippen LogP contribution in [-0.2, 0) is 16.8 Å². The molecule has 0 bridgehead atoms. The van der Waals surface area contributed by atoms with Gasteiger partial charge in [-0.05, 0) is 23.1 Å². The summed E-state index contributed by atoms with van der Waals surface area (Å²) in [6.45, 7) is 7.03. The SMILES string of the molecule is CN(C)C(=O)Cn1ccc2c(C(C)(C)C)cccc21. The molecule has 0 aliphatic heterocycles. The lowest BCUT2D eigenvalue weighted by Gasteiger charge is -2.20. The van der Waals surface area contributed by atoms with Crippen molar-refractivity contribution in [2.75, 3.05) is 14.1 Å². The van der Waals surface area contributed by atoms with Gasteiger partial charge in [-0.15, -0.1) is 0 Å². The van der Waals surface area contributed by atoms with Gasteiger partial charge < -0.3 is 9.47 Å². The first-order valence-electron chi connectivity index (χ1n) is 6.59. The fourth-order valence-electron chi connectivity index (χ4n) is 2.30. The number of likely N-dealkylation sites (N-methyl/N-ethyl adjacent to an activating group) is 1. The second kappa shape index (κ2) is 4.72. The van der Waals surface area contributed by atoms with Gasteiger partial charge in [-0.1, -0.05) is 32.9 Å². The van der Waals surface area contributed by atoms with Gasteiger partial charge in [0.05, 0.1) is 0 Å². The molecule has 1 amide bonds. The van der Waals surface area contributed by atoms with Crippen molar-refractivity contribution >= 4 is 16.8 Å². The maximum atomic E-state index is 11.8. The summed E-state index contributed by atoms with van der Waals surface area (Å²) in [4.78, 5) is 13.5. The van der Waals surface area contributed by atoms with E-state index in [9.17, 15) is 4.79 Å². The zero-order valence-electron chi connectivity index (χ0n) is 12.4. The Labute approximate surface area is 114 Å². The molecule has 19 heavy (non-hydrogen) atoms. The summed E-state index contributed by atoms with van der Waals surface area (Å²) in [6, 6.07) is 8.42. The smallest absolute Gasteiger partial charge is 0.241 e. The van der Waals surface area contributed by atoms with E-state index in [4.69, 9.17) is 0 Å². The Morgan fingerprint density at radius 2 is 1.89 bits per heavy atom. The molecule has 1 aromatic heterocycles. The molecular formula is C16H22N2O. The number of amides is 1. The molecule has 0 radical (unpaired) electrons. The van der Waals surface area contributed by atoms with Crippen molar-refractivity contribution in [2.24, 2.45) is 0 Å². The molecule has 0 unspecified atom stereocenters. The molecule has 0 aliphatic carbocycles. The van der Waals surface area contributed by atoms with Gasteiger partial charge in [-0.2, -0.15) is 0 Å². The molecule has 0 fully saturated rings. The minimum atomic E-state index is 0.108. The third-order valence-electron chi connectivity index (χ3n) is 3.43. The Morgan fingerprint density at radius 1 is 1.21 bits per heavy atom. The Bertz CT molecular complexity index is 603. The predicted molar refractivity (Wildman–Crippen MR) is 79.3 cm³/mol. The van der Waals surface area contributed by atoms with Crippen molar-refractivity contribution in [1.29, 1.82) is 0 Å². The maximum absolute atomic E-state index is 11.8. The average Bonchev–Trinajstić information content (AvgIpc) is 2.71. The van der Waals surface area contributed by atoms with E-state index < -0.39 is 0 Å². The highest BCUT2D eigenvalue weighted by atomic mass is 16.2. The maximum Gasteiger partial charge on any atom is 0.241 e. The minimum Gasteiger partial charge on any atom is -0.347 e. The van der Waals surface area contributed by atoms with Gasteiger partial charge in [-0.3, -0.25) is 4.79 Å². The zero-order chi connectivity index (χ0) is 14.2. The lowest BCUT2D eigenvalue weighted by molar-refractivity contribution is -0.129. The van der Waals surface area contributed by atoms with Gasteiger partial charge in [0, 0.05) is 31.2 Å². The molecule has 0 spiro atoms. The number of carbonyl (C=O) groups excluding carboxylic acids is 1. The van der Waals surface area contributed by atoms with E-state index in [1.54, 1.807) is 19.0 Å². The summed E-state index contributed by atoms with van der Waals surface area (Å²) in [7, 11) is 3.57. The fraction of sp³-hybridized carbons (Fsp3) is 0.438. The first kappa shape index (κ1) is 13.7. The molecule has 0 saturated carbocycles. The fourth-order valence-corrected chi connectivity index (χ4v) is 2.30. The summed E-state index contributed by atoms with van der Waals surface area (Å²) in [5.74, 6) is 0.110. The standard InChI is InChI=1S/C16H22N2O/c1-16(2,3)13-7-6-8-14-12(13)9-10-18(14)11-15(19)17(4)5/h6-10H,11H2,1-5H3. The number of fused-ring (bicyclic) bond motifs is 1. The number of rotatable bonds is 2. The third-order valence-corrected chi connectivity index (χ3v) is 3.43. The number of hydrogen-bond acceptors (Lipinski definition) is 1. The van der Waals surface area contributed by atoms with E-state index in [1.165, 1.54) is 10.9 Å². The number of aromatic nitrogens is 1. The van der Waals surface area contributed by atoms with Crippen LogP contribution < -0.4 is 0 Å². The van der Waals surface area contributed by atoms with Crippen LogP contribution >= 0.6 is 0 Å². The van der Waals surface area contributed by atoms with Crippen molar-refractivity contribution in [1.82, 2.24) is 9.47 Å². The Morgan fingerprint density at radius 3 is 2.47 bits per heavy atom. The summed E-state index contributed by atoms with van der Waals surface area (Å²) in [5, 5.41) is 1.24. The summed E-state index contributed by atoms with van der Waals surface area (Å²) < 4.78 is 2.02. The van der Waals surface area contributed by atoms with E-state index in [2.05, 4.69) is 45.0 Å². The highest BCUT2D eigenvalue weighted by Gasteiger charge is 2.18. The molecule has 1 aromatic carbocycles. The van der Waals surface area contributed by atoms with Crippen LogP contribution in [0.2, 0.25) is 0 Å². The van der Waals surface area contributed by atoms with Crippen molar-refractivity contribution in [2.45, 2.75) is 32.7 Å². The van der Waals surface area contributed by atoms with Gasteiger partial charge in [0.15, 0.2) is 0 Å². The van der Waals surface area contributed by atoms with Crippen LogP contribution in [0.1, 0.15) is 26.3 Å². The molecule has 2 rings (SSSR count). The first-order valence-corrected chi connectivity index (χ1v) is 6.59. The average molecular weight is 258 g/mol. The molecule has 2 aromatic rings. The topological polar surface area (TPSA) is 25.2 Å². The second-order valence-corrected chi connectivity index (χ2v) is 6.22. The van der Waals surface area contributed by atoms with E-state index >= 15 is 0 Å². The Hall–Kier alpha value is -1.77. The molecule has 0 atom stereocenters. The number of nitrogens with zero attached hydrogens (tertiary/aromatic N) is 2. The normalized spacial score (nSPS) is 11.8. The van der Waals surface area contributed by atoms with Gasteiger partial charge >= 0.3 is 0 Å². The van der Waals surface area contributed by atoms with Crippen LogP contribution in [0, 0.1) is 0 Å². The number of carbonyl (C=O) groups is 1. The van der Waals surface area contributed by atoms with E-state index in [0.717, 1.165) is 5.52 Å².